The molecule has 0 radical (unpaired) electrons. The first-order chi connectivity index (χ1) is 13.1. The van der Waals surface area contributed by atoms with E-state index in [9.17, 15) is 0 Å². The average Bonchev–Trinajstić information content (AvgIpc) is 3.29. The average molecular weight is 362 g/mol. The van der Waals surface area contributed by atoms with Crippen LogP contribution in [0.5, 0.6) is 5.75 Å². The van der Waals surface area contributed by atoms with Crippen LogP contribution in [0.3, 0.4) is 0 Å². The minimum atomic E-state index is 0.199. The van der Waals surface area contributed by atoms with Crippen LogP contribution in [0.25, 0.3) is 0 Å². The van der Waals surface area contributed by atoms with Gasteiger partial charge in [0.05, 0.1) is 13.7 Å². The predicted molar refractivity (Wildman–Crippen MR) is 108 cm³/mol. The number of anilines is 1. The molecule has 1 N–H and O–H groups in total. The summed E-state index contributed by atoms with van der Waals surface area (Å²) in [5, 5.41) is 7.95. The molecular weight excluding hydrogens is 336 g/mol. The maximum absolute atomic E-state index is 5.54. The van der Waals surface area contributed by atoms with E-state index in [-0.39, 0.29) is 6.04 Å². The highest BCUT2D eigenvalue weighted by Crippen LogP contribution is 2.29. The van der Waals surface area contributed by atoms with Gasteiger partial charge in [-0.05, 0) is 61.0 Å². The second-order valence-corrected chi connectivity index (χ2v) is 7.30. The van der Waals surface area contributed by atoms with Crippen LogP contribution in [0.1, 0.15) is 35.2 Å². The number of nitrogens with one attached hydrogen (secondary N) is 1. The molecule has 27 heavy (non-hydrogen) atoms. The quantitative estimate of drug-likeness (QED) is 0.718. The van der Waals surface area contributed by atoms with E-state index in [1.54, 1.807) is 13.3 Å². The maximum Gasteiger partial charge on any atom is 0.123 e. The molecule has 0 amide bonds. The molecule has 1 aromatic heterocycles. The molecule has 2 heterocycles. The van der Waals surface area contributed by atoms with Gasteiger partial charge in [-0.1, -0.05) is 12.1 Å². The van der Waals surface area contributed by atoms with Crippen LogP contribution < -0.4 is 10.1 Å². The van der Waals surface area contributed by atoms with Gasteiger partial charge < -0.3 is 10.1 Å². The molecule has 5 heteroatoms. The summed E-state index contributed by atoms with van der Waals surface area (Å²) in [5.74, 6) is 0.891. The Morgan fingerprint density at radius 2 is 2.00 bits per heavy atom. The highest BCUT2D eigenvalue weighted by atomic mass is 16.5. The third-order valence-electron chi connectivity index (χ3n) is 5.17. The van der Waals surface area contributed by atoms with E-state index in [1.165, 1.54) is 22.4 Å². The molecule has 1 unspecified atom stereocenters. The summed E-state index contributed by atoms with van der Waals surface area (Å²) in [7, 11) is 3.87. The van der Waals surface area contributed by atoms with Crippen molar-refractivity contribution >= 4 is 5.69 Å². The number of hydrogen-bond acceptors (Lipinski definition) is 4. The molecular formula is C22H26N4O. The van der Waals surface area contributed by atoms with Gasteiger partial charge >= 0.3 is 0 Å². The number of hydrogen-bond donors (Lipinski definition) is 1. The lowest BCUT2D eigenvalue weighted by Gasteiger charge is -2.19. The van der Waals surface area contributed by atoms with Gasteiger partial charge in [-0.2, -0.15) is 5.10 Å². The number of aromatic nitrogens is 2. The Kier molecular flexibility index (Phi) is 4.86. The lowest BCUT2D eigenvalue weighted by atomic mass is 10.0. The molecule has 0 bridgehead atoms. The summed E-state index contributed by atoms with van der Waals surface area (Å²) in [6.07, 6.45) is 3.77. The zero-order valence-corrected chi connectivity index (χ0v) is 16.1. The topological polar surface area (TPSA) is 42.3 Å². The van der Waals surface area contributed by atoms with Crippen molar-refractivity contribution in [2.75, 3.05) is 19.5 Å². The summed E-state index contributed by atoms with van der Waals surface area (Å²) in [4.78, 5) is 2.34. The Morgan fingerprint density at radius 3 is 2.78 bits per heavy atom. The summed E-state index contributed by atoms with van der Waals surface area (Å²) >= 11 is 0. The van der Waals surface area contributed by atoms with Gasteiger partial charge in [-0.15, -0.1) is 0 Å². The van der Waals surface area contributed by atoms with Crippen LogP contribution >= 0.6 is 0 Å². The number of nitrogens with zero attached hydrogens (tertiary/aromatic N) is 3. The molecule has 0 aliphatic carbocycles. The van der Waals surface area contributed by atoms with E-state index in [2.05, 4.69) is 59.6 Å². The summed E-state index contributed by atoms with van der Waals surface area (Å²) < 4.78 is 7.45. The summed E-state index contributed by atoms with van der Waals surface area (Å²) in [5.41, 5.74) is 6.38. The zero-order valence-electron chi connectivity index (χ0n) is 16.1. The lowest BCUT2D eigenvalue weighted by Crippen LogP contribution is -2.09. The Bertz CT molecular complexity index is 920. The van der Waals surface area contributed by atoms with Crippen LogP contribution in [0.4, 0.5) is 5.69 Å². The number of ether oxygens (including phenoxy) is 1. The van der Waals surface area contributed by atoms with Crippen molar-refractivity contribution in [3.8, 4) is 5.75 Å². The van der Waals surface area contributed by atoms with Crippen molar-refractivity contribution in [1.29, 1.82) is 0 Å². The number of methoxy groups -OCH3 is 1. The Hall–Kier alpha value is -2.79. The SMILES string of the molecule is COc1ccc(C(C)Nc2ccc3c(c2)CN(C)C3)cc1Cn1cccn1. The fourth-order valence-electron chi connectivity index (χ4n) is 3.75. The van der Waals surface area contributed by atoms with Gasteiger partial charge in [0.15, 0.2) is 0 Å². The largest absolute Gasteiger partial charge is 0.496 e. The van der Waals surface area contributed by atoms with E-state index in [0.717, 1.165) is 24.4 Å². The van der Waals surface area contributed by atoms with Gasteiger partial charge in [0.25, 0.3) is 0 Å². The van der Waals surface area contributed by atoms with Crippen LogP contribution in [-0.4, -0.2) is 28.8 Å². The third-order valence-corrected chi connectivity index (χ3v) is 5.17. The van der Waals surface area contributed by atoms with Gasteiger partial charge in [0, 0.05) is 42.8 Å². The van der Waals surface area contributed by atoms with Crippen LogP contribution in [0.2, 0.25) is 0 Å². The Morgan fingerprint density at radius 1 is 1.15 bits per heavy atom. The molecule has 1 atom stereocenters. The summed E-state index contributed by atoms with van der Waals surface area (Å²) in [6, 6.07) is 15.2. The molecule has 5 nitrogen and oxygen atoms in total. The molecule has 0 saturated heterocycles. The van der Waals surface area contributed by atoms with Gasteiger partial charge in [-0.25, -0.2) is 0 Å². The smallest absolute Gasteiger partial charge is 0.123 e. The Labute approximate surface area is 160 Å². The molecule has 1 aliphatic heterocycles. The first-order valence-corrected chi connectivity index (χ1v) is 9.33. The van der Waals surface area contributed by atoms with Crippen LogP contribution in [-0.2, 0) is 19.6 Å². The van der Waals surface area contributed by atoms with E-state index < -0.39 is 0 Å². The highest BCUT2D eigenvalue weighted by molar-refractivity contribution is 5.52. The number of rotatable bonds is 6. The molecule has 0 saturated carbocycles. The fraction of sp³-hybridized carbons (Fsp3) is 0.318. The zero-order chi connectivity index (χ0) is 18.8. The first kappa shape index (κ1) is 17.6. The van der Waals surface area contributed by atoms with Gasteiger partial charge in [-0.3, -0.25) is 9.58 Å². The Balaban J connectivity index is 1.53. The molecule has 1 aliphatic rings. The van der Waals surface area contributed by atoms with Gasteiger partial charge in [0.2, 0.25) is 0 Å². The van der Waals surface area contributed by atoms with Crippen molar-refractivity contribution in [3.05, 3.63) is 77.1 Å². The molecule has 0 fully saturated rings. The van der Waals surface area contributed by atoms with E-state index >= 15 is 0 Å². The van der Waals surface area contributed by atoms with Crippen LogP contribution in [0.15, 0.2) is 54.9 Å². The summed E-state index contributed by atoms with van der Waals surface area (Å²) in [6.45, 7) is 4.96. The minimum Gasteiger partial charge on any atom is -0.496 e. The lowest BCUT2D eigenvalue weighted by molar-refractivity contribution is 0.353. The minimum absolute atomic E-state index is 0.199. The molecule has 2 aromatic carbocycles. The highest BCUT2D eigenvalue weighted by Gasteiger charge is 2.16. The second-order valence-electron chi connectivity index (χ2n) is 7.30. The van der Waals surface area contributed by atoms with Crippen molar-refractivity contribution in [3.63, 3.8) is 0 Å². The number of fused-ring (bicyclic) bond motifs is 1. The maximum atomic E-state index is 5.54. The van der Waals surface area contributed by atoms with Gasteiger partial charge in [0.1, 0.15) is 5.75 Å². The fourth-order valence-corrected chi connectivity index (χ4v) is 3.75. The third kappa shape index (κ3) is 3.83. The predicted octanol–water partition coefficient (Wildman–Crippen LogP) is 4.06. The molecule has 3 aromatic rings. The van der Waals surface area contributed by atoms with E-state index in [1.807, 2.05) is 23.0 Å². The van der Waals surface area contributed by atoms with E-state index in [0.29, 0.717) is 6.54 Å². The van der Waals surface area contributed by atoms with Crippen molar-refractivity contribution in [1.82, 2.24) is 14.7 Å². The van der Waals surface area contributed by atoms with Crippen molar-refractivity contribution < 1.29 is 4.74 Å². The van der Waals surface area contributed by atoms with Crippen molar-refractivity contribution in [2.24, 2.45) is 0 Å². The molecule has 0 spiro atoms. The van der Waals surface area contributed by atoms with Crippen LogP contribution in [0, 0.1) is 0 Å². The van der Waals surface area contributed by atoms with E-state index in [4.69, 9.17) is 4.74 Å². The first-order valence-electron chi connectivity index (χ1n) is 9.33. The molecule has 4 rings (SSSR count). The number of benzene rings is 2. The molecule has 140 valence electrons. The normalized spacial score (nSPS) is 14.8. The second kappa shape index (κ2) is 7.45. The van der Waals surface area contributed by atoms with Crippen molar-refractivity contribution in [2.45, 2.75) is 32.6 Å². The monoisotopic (exact) mass is 362 g/mol. The standard InChI is InChI=1S/C22H26N4O/c1-16(24-21-7-5-18-13-25(2)14-19(18)12-21)17-6-8-22(27-3)20(11-17)15-26-10-4-9-23-26/h4-12,16,24H,13-15H2,1-3H3.